The number of fused-ring (bicyclic) bond motifs is 1. The van der Waals surface area contributed by atoms with E-state index in [0.717, 1.165) is 10.9 Å². The average Bonchev–Trinajstić information content (AvgIpc) is 2.28. The number of carbonyl (C=O) groups is 1. The summed E-state index contributed by atoms with van der Waals surface area (Å²) in [4.78, 5) is 14.5. The summed E-state index contributed by atoms with van der Waals surface area (Å²) in [6, 6.07) is 9.54. The SMILES string of the molecule is O=C(O)CCOc1cnc2ccccc2c1. The zero-order valence-corrected chi connectivity index (χ0v) is 8.59. The highest BCUT2D eigenvalue weighted by atomic mass is 16.5. The van der Waals surface area contributed by atoms with Crippen molar-refractivity contribution in [3.8, 4) is 5.75 Å². The molecule has 0 radical (unpaired) electrons. The van der Waals surface area contributed by atoms with Crippen molar-refractivity contribution in [3.05, 3.63) is 36.5 Å². The Morgan fingerprint density at radius 1 is 1.38 bits per heavy atom. The van der Waals surface area contributed by atoms with Crippen LogP contribution in [0.15, 0.2) is 36.5 Å². The van der Waals surface area contributed by atoms with Gasteiger partial charge in [-0.2, -0.15) is 0 Å². The first-order chi connectivity index (χ1) is 7.75. The third-order valence-corrected chi connectivity index (χ3v) is 2.15. The maximum Gasteiger partial charge on any atom is 0.306 e. The van der Waals surface area contributed by atoms with Gasteiger partial charge in [0.05, 0.1) is 24.7 Å². The average molecular weight is 217 g/mol. The van der Waals surface area contributed by atoms with Crippen LogP contribution in [0.4, 0.5) is 0 Å². The summed E-state index contributed by atoms with van der Waals surface area (Å²) in [6.07, 6.45) is 1.59. The van der Waals surface area contributed by atoms with Crippen molar-refractivity contribution < 1.29 is 14.6 Å². The van der Waals surface area contributed by atoms with Crippen LogP contribution in [0.1, 0.15) is 6.42 Å². The second kappa shape index (κ2) is 4.61. The second-order valence-electron chi connectivity index (χ2n) is 3.36. The largest absolute Gasteiger partial charge is 0.491 e. The van der Waals surface area contributed by atoms with Crippen LogP contribution < -0.4 is 4.74 Å². The molecule has 0 bridgehead atoms. The molecule has 2 aromatic rings. The summed E-state index contributed by atoms with van der Waals surface area (Å²) < 4.78 is 5.28. The Morgan fingerprint density at radius 2 is 2.19 bits per heavy atom. The number of carboxylic acids is 1. The predicted molar refractivity (Wildman–Crippen MR) is 59.5 cm³/mol. The van der Waals surface area contributed by atoms with Gasteiger partial charge >= 0.3 is 5.97 Å². The van der Waals surface area contributed by atoms with Crippen molar-refractivity contribution in [2.75, 3.05) is 6.61 Å². The molecule has 0 fully saturated rings. The minimum atomic E-state index is -0.867. The summed E-state index contributed by atoms with van der Waals surface area (Å²) in [6.45, 7) is 0.162. The fraction of sp³-hybridized carbons (Fsp3) is 0.167. The summed E-state index contributed by atoms with van der Waals surface area (Å²) >= 11 is 0. The fourth-order valence-corrected chi connectivity index (χ4v) is 1.39. The molecular weight excluding hydrogens is 206 g/mol. The van der Waals surface area contributed by atoms with Crippen LogP contribution in [0.2, 0.25) is 0 Å². The highest BCUT2D eigenvalue weighted by Gasteiger charge is 2.00. The number of carboxylic acid groups (broad SMARTS) is 1. The molecule has 1 aromatic carbocycles. The molecule has 0 saturated heterocycles. The lowest BCUT2D eigenvalue weighted by Crippen LogP contribution is -2.04. The molecular formula is C12H11NO3. The normalized spacial score (nSPS) is 10.2. The van der Waals surface area contributed by atoms with E-state index in [-0.39, 0.29) is 13.0 Å². The smallest absolute Gasteiger partial charge is 0.306 e. The van der Waals surface area contributed by atoms with Crippen molar-refractivity contribution >= 4 is 16.9 Å². The molecule has 0 unspecified atom stereocenters. The van der Waals surface area contributed by atoms with Crippen molar-refractivity contribution in [1.82, 2.24) is 4.98 Å². The van der Waals surface area contributed by atoms with Crippen LogP contribution in [-0.4, -0.2) is 22.7 Å². The molecule has 4 heteroatoms. The zero-order chi connectivity index (χ0) is 11.4. The first kappa shape index (κ1) is 10.4. The van der Waals surface area contributed by atoms with E-state index in [1.165, 1.54) is 0 Å². The van der Waals surface area contributed by atoms with Crippen molar-refractivity contribution in [1.29, 1.82) is 0 Å². The van der Waals surface area contributed by atoms with Gasteiger partial charge in [0.25, 0.3) is 0 Å². The summed E-state index contributed by atoms with van der Waals surface area (Å²) in [5, 5.41) is 9.45. The van der Waals surface area contributed by atoms with E-state index in [1.807, 2.05) is 30.3 Å². The highest BCUT2D eigenvalue weighted by Crippen LogP contribution is 2.17. The van der Waals surface area contributed by atoms with Gasteiger partial charge in [0, 0.05) is 5.39 Å². The zero-order valence-electron chi connectivity index (χ0n) is 8.59. The van der Waals surface area contributed by atoms with E-state index in [4.69, 9.17) is 9.84 Å². The standard InChI is InChI=1S/C12H11NO3/c14-12(15)5-6-16-10-7-9-3-1-2-4-11(9)13-8-10/h1-4,7-8H,5-6H2,(H,14,15). The van der Waals surface area contributed by atoms with Crippen LogP contribution >= 0.6 is 0 Å². The molecule has 1 N–H and O–H groups in total. The summed E-state index contributed by atoms with van der Waals surface area (Å²) in [5.74, 6) is -0.270. The minimum absolute atomic E-state index is 0.00712. The molecule has 16 heavy (non-hydrogen) atoms. The molecule has 0 atom stereocenters. The van der Waals surface area contributed by atoms with Crippen molar-refractivity contribution in [3.63, 3.8) is 0 Å². The Bertz CT molecular complexity index is 510. The fourth-order valence-electron chi connectivity index (χ4n) is 1.39. The molecule has 0 amide bonds. The van der Waals surface area contributed by atoms with Crippen LogP contribution in [0, 0.1) is 0 Å². The van der Waals surface area contributed by atoms with Gasteiger partial charge in [0.15, 0.2) is 0 Å². The van der Waals surface area contributed by atoms with E-state index < -0.39 is 5.97 Å². The van der Waals surface area contributed by atoms with Gasteiger partial charge in [-0.15, -0.1) is 0 Å². The van der Waals surface area contributed by atoms with Crippen molar-refractivity contribution in [2.45, 2.75) is 6.42 Å². The van der Waals surface area contributed by atoms with E-state index >= 15 is 0 Å². The number of rotatable bonds is 4. The molecule has 0 aliphatic rings. The Morgan fingerprint density at radius 3 is 3.00 bits per heavy atom. The monoisotopic (exact) mass is 217 g/mol. The van der Waals surface area contributed by atoms with Gasteiger partial charge in [0.2, 0.25) is 0 Å². The maximum absolute atomic E-state index is 10.3. The molecule has 0 aliphatic heterocycles. The number of benzene rings is 1. The lowest BCUT2D eigenvalue weighted by molar-refractivity contribution is -0.137. The first-order valence-corrected chi connectivity index (χ1v) is 4.95. The number of aromatic nitrogens is 1. The summed E-state index contributed by atoms with van der Waals surface area (Å²) in [7, 11) is 0. The molecule has 1 aromatic heterocycles. The van der Waals surface area contributed by atoms with E-state index in [2.05, 4.69) is 4.98 Å². The van der Waals surface area contributed by atoms with Gasteiger partial charge < -0.3 is 9.84 Å². The van der Waals surface area contributed by atoms with Crippen LogP contribution in [0.25, 0.3) is 10.9 Å². The number of hydrogen-bond donors (Lipinski definition) is 1. The van der Waals surface area contributed by atoms with Gasteiger partial charge in [-0.25, -0.2) is 0 Å². The third-order valence-electron chi connectivity index (χ3n) is 2.15. The topological polar surface area (TPSA) is 59.4 Å². The number of aliphatic carboxylic acids is 1. The Balaban J connectivity index is 2.10. The lowest BCUT2D eigenvalue weighted by atomic mass is 10.2. The quantitative estimate of drug-likeness (QED) is 0.851. The van der Waals surface area contributed by atoms with Gasteiger partial charge in [-0.05, 0) is 12.1 Å². The third kappa shape index (κ3) is 2.48. The van der Waals surface area contributed by atoms with Crippen LogP contribution in [0.5, 0.6) is 5.75 Å². The Kier molecular flexibility index (Phi) is 3.00. The molecule has 82 valence electrons. The van der Waals surface area contributed by atoms with E-state index in [9.17, 15) is 4.79 Å². The number of pyridine rings is 1. The number of nitrogens with zero attached hydrogens (tertiary/aromatic N) is 1. The highest BCUT2D eigenvalue weighted by molar-refractivity contribution is 5.79. The van der Waals surface area contributed by atoms with Gasteiger partial charge in [-0.3, -0.25) is 9.78 Å². The second-order valence-corrected chi connectivity index (χ2v) is 3.36. The number of para-hydroxylation sites is 1. The maximum atomic E-state index is 10.3. The Hall–Kier alpha value is -2.10. The Labute approximate surface area is 92.5 Å². The molecule has 4 nitrogen and oxygen atoms in total. The van der Waals surface area contributed by atoms with Gasteiger partial charge in [0.1, 0.15) is 5.75 Å². The van der Waals surface area contributed by atoms with Crippen LogP contribution in [0.3, 0.4) is 0 Å². The molecule has 0 aliphatic carbocycles. The molecule has 1 heterocycles. The van der Waals surface area contributed by atoms with Gasteiger partial charge in [-0.1, -0.05) is 18.2 Å². The predicted octanol–water partition coefficient (Wildman–Crippen LogP) is 2.09. The molecule has 0 saturated carbocycles. The number of ether oxygens (including phenoxy) is 1. The molecule has 2 rings (SSSR count). The molecule has 0 spiro atoms. The summed E-state index contributed by atoms with van der Waals surface area (Å²) in [5.41, 5.74) is 0.896. The van der Waals surface area contributed by atoms with E-state index in [1.54, 1.807) is 6.20 Å². The number of hydrogen-bond acceptors (Lipinski definition) is 3. The van der Waals surface area contributed by atoms with E-state index in [0.29, 0.717) is 5.75 Å². The van der Waals surface area contributed by atoms with Crippen LogP contribution in [-0.2, 0) is 4.79 Å². The lowest BCUT2D eigenvalue weighted by Gasteiger charge is -2.04. The first-order valence-electron chi connectivity index (χ1n) is 4.95. The minimum Gasteiger partial charge on any atom is -0.491 e. The van der Waals surface area contributed by atoms with Crippen molar-refractivity contribution in [2.24, 2.45) is 0 Å².